The first-order valence-electron chi connectivity index (χ1n) is 7.11. The normalized spacial score (nSPS) is 21.3. The molecule has 0 aliphatic carbocycles. The summed E-state index contributed by atoms with van der Waals surface area (Å²) in [7, 11) is -3.37. The van der Waals surface area contributed by atoms with Crippen LogP contribution in [0.25, 0.3) is 0 Å². The van der Waals surface area contributed by atoms with Crippen LogP contribution in [0, 0.1) is 0 Å². The molecule has 20 heavy (non-hydrogen) atoms. The van der Waals surface area contributed by atoms with Crippen molar-refractivity contribution in [2.45, 2.75) is 17.7 Å². The van der Waals surface area contributed by atoms with Gasteiger partial charge in [-0.3, -0.25) is 0 Å². The van der Waals surface area contributed by atoms with Crippen LogP contribution in [-0.2, 0) is 14.8 Å². The van der Waals surface area contributed by atoms with Crippen LogP contribution in [0.2, 0.25) is 0 Å². The summed E-state index contributed by atoms with van der Waals surface area (Å²) in [5.74, 6) is 0. The first-order valence-corrected chi connectivity index (χ1v) is 8.55. The SMILES string of the molecule is O=S(=O)(c1ccc(N2CCCC2)cc1)N1CCOCC1. The molecule has 0 atom stereocenters. The van der Waals surface area contributed by atoms with Gasteiger partial charge in [-0.1, -0.05) is 0 Å². The van der Waals surface area contributed by atoms with Gasteiger partial charge in [0.2, 0.25) is 10.0 Å². The van der Waals surface area contributed by atoms with Gasteiger partial charge < -0.3 is 9.64 Å². The summed E-state index contributed by atoms with van der Waals surface area (Å²) < 4.78 is 31.7. The summed E-state index contributed by atoms with van der Waals surface area (Å²) in [6.45, 7) is 3.97. The van der Waals surface area contributed by atoms with Gasteiger partial charge in [0, 0.05) is 31.9 Å². The summed E-state index contributed by atoms with van der Waals surface area (Å²) in [5, 5.41) is 0. The van der Waals surface area contributed by atoms with Crippen LogP contribution in [0.1, 0.15) is 12.8 Å². The van der Waals surface area contributed by atoms with Gasteiger partial charge in [0.25, 0.3) is 0 Å². The maximum atomic E-state index is 12.5. The molecule has 0 unspecified atom stereocenters. The van der Waals surface area contributed by atoms with Crippen molar-refractivity contribution in [2.75, 3.05) is 44.3 Å². The highest BCUT2D eigenvalue weighted by atomic mass is 32.2. The lowest BCUT2D eigenvalue weighted by Crippen LogP contribution is -2.40. The van der Waals surface area contributed by atoms with Crippen LogP contribution in [0.4, 0.5) is 5.69 Å². The van der Waals surface area contributed by atoms with Gasteiger partial charge in [0.05, 0.1) is 18.1 Å². The summed E-state index contributed by atoms with van der Waals surface area (Å²) >= 11 is 0. The van der Waals surface area contributed by atoms with E-state index in [2.05, 4.69) is 4.90 Å². The van der Waals surface area contributed by atoms with Crippen molar-refractivity contribution < 1.29 is 13.2 Å². The third kappa shape index (κ3) is 2.68. The van der Waals surface area contributed by atoms with Gasteiger partial charge in [-0.05, 0) is 37.1 Å². The van der Waals surface area contributed by atoms with Crippen molar-refractivity contribution in [1.82, 2.24) is 4.31 Å². The van der Waals surface area contributed by atoms with Gasteiger partial charge in [0.1, 0.15) is 0 Å². The molecule has 0 amide bonds. The van der Waals surface area contributed by atoms with Crippen molar-refractivity contribution >= 4 is 15.7 Å². The molecule has 0 bridgehead atoms. The van der Waals surface area contributed by atoms with E-state index in [0.29, 0.717) is 31.2 Å². The summed E-state index contributed by atoms with van der Waals surface area (Å²) in [6, 6.07) is 7.27. The standard InChI is InChI=1S/C14H20N2O3S/c17-20(18,16-9-11-19-12-10-16)14-5-3-13(4-6-14)15-7-1-2-8-15/h3-6H,1-2,7-12H2. The number of morpholine rings is 1. The lowest BCUT2D eigenvalue weighted by molar-refractivity contribution is 0.0730. The fourth-order valence-corrected chi connectivity index (χ4v) is 4.15. The molecule has 2 heterocycles. The summed E-state index contributed by atoms with van der Waals surface area (Å²) in [5.41, 5.74) is 1.11. The van der Waals surface area contributed by atoms with Crippen LogP contribution < -0.4 is 4.90 Å². The van der Waals surface area contributed by atoms with Crippen molar-refractivity contribution in [3.8, 4) is 0 Å². The molecule has 2 fully saturated rings. The third-order valence-electron chi connectivity index (χ3n) is 3.92. The molecule has 0 spiro atoms. The summed E-state index contributed by atoms with van der Waals surface area (Å²) in [4.78, 5) is 2.67. The first-order chi connectivity index (χ1) is 9.68. The van der Waals surface area contributed by atoms with E-state index in [4.69, 9.17) is 4.74 Å². The Kier molecular flexibility index (Phi) is 3.96. The average Bonchev–Trinajstić information content (AvgIpc) is 3.02. The highest BCUT2D eigenvalue weighted by molar-refractivity contribution is 7.89. The second kappa shape index (κ2) is 5.71. The van der Waals surface area contributed by atoms with Crippen LogP contribution in [0.5, 0.6) is 0 Å². The molecular weight excluding hydrogens is 276 g/mol. The minimum Gasteiger partial charge on any atom is -0.379 e. The smallest absolute Gasteiger partial charge is 0.243 e. The Bertz CT molecular complexity index is 544. The molecule has 6 heteroatoms. The molecule has 110 valence electrons. The van der Waals surface area contributed by atoms with Gasteiger partial charge >= 0.3 is 0 Å². The number of ether oxygens (including phenoxy) is 1. The van der Waals surface area contributed by atoms with Gasteiger partial charge in [0.15, 0.2) is 0 Å². The van der Waals surface area contributed by atoms with Crippen LogP contribution in [0.15, 0.2) is 29.2 Å². The topological polar surface area (TPSA) is 49.9 Å². The van der Waals surface area contributed by atoms with E-state index >= 15 is 0 Å². The average molecular weight is 296 g/mol. The van der Waals surface area contributed by atoms with Crippen LogP contribution in [-0.4, -0.2) is 52.1 Å². The molecule has 5 nitrogen and oxygen atoms in total. The highest BCUT2D eigenvalue weighted by Gasteiger charge is 2.26. The van der Waals surface area contributed by atoms with Crippen molar-refractivity contribution in [3.63, 3.8) is 0 Å². The lowest BCUT2D eigenvalue weighted by atomic mass is 10.3. The quantitative estimate of drug-likeness (QED) is 0.844. The molecule has 2 aliphatic heterocycles. The Labute approximate surface area is 120 Å². The number of sulfonamides is 1. The Morgan fingerprint density at radius 3 is 2.10 bits per heavy atom. The third-order valence-corrected chi connectivity index (χ3v) is 5.83. The van der Waals surface area contributed by atoms with E-state index in [-0.39, 0.29) is 0 Å². The molecular formula is C14H20N2O3S. The Morgan fingerprint density at radius 1 is 0.900 bits per heavy atom. The monoisotopic (exact) mass is 296 g/mol. The second-order valence-electron chi connectivity index (χ2n) is 5.20. The molecule has 2 saturated heterocycles. The Morgan fingerprint density at radius 2 is 1.50 bits per heavy atom. The molecule has 1 aromatic carbocycles. The summed E-state index contributed by atoms with van der Waals surface area (Å²) in [6.07, 6.45) is 2.43. The van der Waals surface area contributed by atoms with E-state index in [0.717, 1.165) is 18.8 Å². The lowest BCUT2D eigenvalue weighted by Gasteiger charge is -2.26. The minimum atomic E-state index is -3.37. The zero-order valence-electron chi connectivity index (χ0n) is 11.5. The van der Waals surface area contributed by atoms with Gasteiger partial charge in [-0.2, -0.15) is 4.31 Å². The Balaban J connectivity index is 1.79. The molecule has 0 radical (unpaired) electrons. The minimum absolute atomic E-state index is 0.377. The van der Waals surface area contributed by atoms with E-state index in [1.165, 1.54) is 17.1 Å². The largest absolute Gasteiger partial charge is 0.379 e. The zero-order valence-corrected chi connectivity index (χ0v) is 12.3. The van der Waals surface area contributed by atoms with Crippen molar-refractivity contribution in [2.24, 2.45) is 0 Å². The second-order valence-corrected chi connectivity index (χ2v) is 7.14. The fourth-order valence-electron chi connectivity index (χ4n) is 2.74. The molecule has 1 aromatic rings. The van der Waals surface area contributed by atoms with Crippen molar-refractivity contribution in [3.05, 3.63) is 24.3 Å². The zero-order chi connectivity index (χ0) is 14.0. The van der Waals surface area contributed by atoms with Gasteiger partial charge in [-0.25, -0.2) is 8.42 Å². The number of nitrogens with zero attached hydrogens (tertiary/aromatic N) is 2. The molecule has 2 aliphatic rings. The van der Waals surface area contributed by atoms with Crippen LogP contribution in [0.3, 0.4) is 0 Å². The highest BCUT2D eigenvalue weighted by Crippen LogP contribution is 2.23. The Hall–Kier alpha value is -1.11. The number of rotatable bonds is 3. The number of hydrogen-bond acceptors (Lipinski definition) is 4. The van der Waals surface area contributed by atoms with Gasteiger partial charge in [-0.15, -0.1) is 0 Å². The van der Waals surface area contributed by atoms with Crippen LogP contribution >= 0.6 is 0 Å². The molecule has 0 aromatic heterocycles. The number of anilines is 1. The van der Waals surface area contributed by atoms with E-state index in [1.807, 2.05) is 12.1 Å². The maximum Gasteiger partial charge on any atom is 0.243 e. The van der Waals surface area contributed by atoms with E-state index in [1.54, 1.807) is 12.1 Å². The molecule has 3 rings (SSSR count). The van der Waals surface area contributed by atoms with E-state index in [9.17, 15) is 8.42 Å². The van der Waals surface area contributed by atoms with E-state index < -0.39 is 10.0 Å². The predicted octanol–water partition coefficient (Wildman–Crippen LogP) is 1.31. The van der Waals surface area contributed by atoms with Crippen molar-refractivity contribution in [1.29, 1.82) is 0 Å². The number of hydrogen-bond donors (Lipinski definition) is 0. The fraction of sp³-hybridized carbons (Fsp3) is 0.571. The number of benzene rings is 1. The molecule has 0 saturated carbocycles. The predicted molar refractivity (Wildman–Crippen MR) is 77.5 cm³/mol. The first kappa shape index (κ1) is 13.9. The molecule has 0 N–H and O–H groups in total. The maximum absolute atomic E-state index is 12.5.